The fourth-order valence-electron chi connectivity index (χ4n) is 2.65. The van der Waals surface area contributed by atoms with Crippen LogP contribution in [-0.4, -0.2) is 35.1 Å². The Kier molecular flexibility index (Phi) is 8.88. The number of likely N-dealkylation sites (N-methyl/N-ethyl adjacent to an activating group) is 1. The summed E-state index contributed by atoms with van der Waals surface area (Å²) in [6.07, 6.45) is 0. The molecule has 0 aliphatic carbocycles. The lowest BCUT2D eigenvalue weighted by molar-refractivity contribution is -0.138. The van der Waals surface area contributed by atoms with Crippen LogP contribution in [0.25, 0.3) is 0 Å². The van der Waals surface area contributed by atoms with E-state index in [1.165, 1.54) is 5.56 Å². The van der Waals surface area contributed by atoms with Crippen molar-refractivity contribution in [2.75, 3.05) is 12.3 Å². The summed E-state index contributed by atoms with van der Waals surface area (Å²) in [4.78, 5) is 26.9. The van der Waals surface area contributed by atoms with E-state index < -0.39 is 6.04 Å². The Balaban J connectivity index is 2.05. The lowest BCUT2D eigenvalue weighted by Crippen LogP contribution is -2.48. The first-order valence-electron chi connectivity index (χ1n) is 8.94. The maximum absolute atomic E-state index is 12.9. The van der Waals surface area contributed by atoms with Crippen LogP contribution in [0.2, 0.25) is 0 Å². The predicted octanol–water partition coefficient (Wildman–Crippen LogP) is 4.24. The van der Waals surface area contributed by atoms with Crippen molar-refractivity contribution in [1.29, 1.82) is 0 Å². The lowest BCUT2D eigenvalue weighted by atomic mass is 10.1. The molecule has 2 aromatic carbocycles. The van der Waals surface area contributed by atoms with Crippen molar-refractivity contribution in [3.63, 3.8) is 0 Å². The maximum atomic E-state index is 12.9. The average molecular weight is 449 g/mol. The topological polar surface area (TPSA) is 49.4 Å². The van der Waals surface area contributed by atoms with E-state index in [1.54, 1.807) is 23.6 Å². The quantitative estimate of drug-likeness (QED) is 0.623. The number of halogens is 1. The summed E-state index contributed by atoms with van der Waals surface area (Å²) in [5.41, 5.74) is 2.17. The van der Waals surface area contributed by atoms with E-state index in [1.807, 2.05) is 61.5 Å². The van der Waals surface area contributed by atoms with Crippen LogP contribution in [0.1, 0.15) is 25.0 Å². The minimum Gasteiger partial charge on any atom is -0.355 e. The van der Waals surface area contributed by atoms with Gasteiger partial charge in [0, 0.05) is 23.3 Å². The summed E-state index contributed by atoms with van der Waals surface area (Å²) in [6.45, 7) is 4.61. The summed E-state index contributed by atoms with van der Waals surface area (Å²) in [5.74, 6) is 0.947. The van der Waals surface area contributed by atoms with Crippen LogP contribution in [0.4, 0.5) is 0 Å². The van der Waals surface area contributed by atoms with Crippen LogP contribution < -0.4 is 5.32 Å². The van der Waals surface area contributed by atoms with E-state index in [4.69, 9.17) is 0 Å². The molecule has 0 aliphatic heterocycles. The monoisotopic (exact) mass is 448 g/mol. The van der Waals surface area contributed by atoms with Gasteiger partial charge in [0.25, 0.3) is 0 Å². The average Bonchev–Trinajstić information content (AvgIpc) is 2.66. The summed E-state index contributed by atoms with van der Waals surface area (Å²) in [7, 11) is 0. The Morgan fingerprint density at radius 1 is 1.11 bits per heavy atom. The number of benzene rings is 2. The van der Waals surface area contributed by atoms with Gasteiger partial charge in [-0.2, -0.15) is 0 Å². The van der Waals surface area contributed by atoms with Gasteiger partial charge >= 0.3 is 0 Å². The first-order chi connectivity index (χ1) is 13.0. The Hall–Kier alpha value is -1.79. The Bertz CT molecular complexity index is 755. The van der Waals surface area contributed by atoms with Crippen molar-refractivity contribution in [1.82, 2.24) is 10.2 Å². The molecule has 144 valence electrons. The highest BCUT2D eigenvalue weighted by Gasteiger charge is 2.25. The number of nitrogens with zero attached hydrogens (tertiary/aromatic N) is 1. The number of hydrogen-bond donors (Lipinski definition) is 1. The first kappa shape index (κ1) is 21.5. The second-order valence-electron chi connectivity index (χ2n) is 6.20. The summed E-state index contributed by atoms with van der Waals surface area (Å²) in [6, 6.07) is 17.4. The minimum atomic E-state index is -0.520. The SMILES string of the molecule is CCNC(=O)[C@H](C)N(Cc1cccc(Br)c1)C(=O)CSCc1ccccc1. The highest BCUT2D eigenvalue weighted by Crippen LogP contribution is 2.18. The number of hydrogen-bond acceptors (Lipinski definition) is 3. The fourth-order valence-corrected chi connectivity index (χ4v) is 3.97. The number of amides is 2. The van der Waals surface area contributed by atoms with E-state index in [0.717, 1.165) is 15.8 Å². The van der Waals surface area contributed by atoms with Gasteiger partial charge < -0.3 is 10.2 Å². The van der Waals surface area contributed by atoms with E-state index in [2.05, 4.69) is 21.2 Å². The second-order valence-corrected chi connectivity index (χ2v) is 8.10. The fraction of sp³-hybridized carbons (Fsp3) is 0.333. The van der Waals surface area contributed by atoms with Crippen LogP contribution in [0.5, 0.6) is 0 Å². The Labute approximate surface area is 173 Å². The normalized spacial score (nSPS) is 11.7. The molecule has 0 spiro atoms. The molecule has 0 fully saturated rings. The van der Waals surface area contributed by atoms with Crippen molar-refractivity contribution in [2.45, 2.75) is 32.2 Å². The van der Waals surface area contributed by atoms with Crippen molar-refractivity contribution < 1.29 is 9.59 Å². The molecule has 0 aliphatic rings. The molecule has 2 aromatic rings. The molecule has 1 atom stereocenters. The highest BCUT2D eigenvalue weighted by molar-refractivity contribution is 9.10. The molecular formula is C21H25BrN2O2S. The van der Waals surface area contributed by atoms with Gasteiger partial charge in [0.1, 0.15) is 6.04 Å². The summed E-state index contributed by atoms with van der Waals surface area (Å²) in [5, 5.41) is 2.81. The van der Waals surface area contributed by atoms with E-state index >= 15 is 0 Å². The molecule has 0 saturated carbocycles. The van der Waals surface area contributed by atoms with E-state index in [0.29, 0.717) is 18.8 Å². The third-order valence-electron chi connectivity index (χ3n) is 4.10. The van der Waals surface area contributed by atoms with Crippen molar-refractivity contribution in [3.05, 3.63) is 70.2 Å². The van der Waals surface area contributed by atoms with Gasteiger partial charge in [-0.3, -0.25) is 9.59 Å². The van der Waals surface area contributed by atoms with Crippen LogP contribution in [0.15, 0.2) is 59.1 Å². The van der Waals surface area contributed by atoms with Crippen molar-refractivity contribution >= 4 is 39.5 Å². The van der Waals surface area contributed by atoms with Crippen LogP contribution in [0.3, 0.4) is 0 Å². The molecule has 2 amide bonds. The smallest absolute Gasteiger partial charge is 0.242 e. The van der Waals surface area contributed by atoms with E-state index in [9.17, 15) is 9.59 Å². The standard InChI is InChI=1S/C21H25BrN2O2S/c1-3-23-21(26)16(2)24(13-18-10-7-11-19(22)12-18)20(25)15-27-14-17-8-5-4-6-9-17/h4-12,16H,3,13-15H2,1-2H3,(H,23,26)/t16-/m0/s1. The van der Waals surface area contributed by atoms with Gasteiger partial charge in [0.2, 0.25) is 11.8 Å². The number of rotatable bonds is 9. The van der Waals surface area contributed by atoms with Gasteiger partial charge in [-0.25, -0.2) is 0 Å². The molecule has 27 heavy (non-hydrogen) atoms. The summed E-state index contributed by atoms with van der Waals surface area (Å²) >= 11 is 5.03. The molecule has 4 nitrogen and oxygen atoms in total. The number of carbonyl (C=O) groups is 2. The molecular weight excluding hydrogens is 424 g/mol. The third kappa shape index (κ3) is 7.03. The highest BCUT2D eigenvalue weighted by atomic mass is 79.9. The largest absolute Gasteiger partial charge is 0.355 e. The summed E-state index contributed by atoms with van der Waals surface area (Å²) < 4.78 is 0.955. The number of carbonyl (C=O) groups excluding carboxylic acids is 2. The molecule has 0 aromatic heterocycles. The molecule has 6 heteroatoms. The molecule has 0 bridgehead atoms. The molecule has 1 N–H and O–H groups in total. The predicted molar refractivity (Wildman–Crippen MR) is 115 cm³/mol. The molecule has 0 unspecified atom stereocenters. The molecule has 0 heterocycles. The van der Waals surface area contributed by atoms with Crippen molar-refractivity contribution in [3.8, 4) is 0 Å². The minimum absolute atomic E-state index is 0.0327. The van der Waals surface area contributed by atoms with Crippen LogP contribution >= 0.6 is 27.7 Å². The van der Waals surface area contributed by atoms with Crippen LogP contribution in [0, 0.1) is 0 Å². The maximum Gasteiger partial charge on any atom is 0.242 e. The number of thioether (sulfide) groups is 1. The molecule has 2 rings (SSSR count). The molecule has 0 saturated heterocycles. The lowest BCUT2D eigenvalue weighted by Gasteiger charge is -2.28. The Morgan fingerprint density at radius 3 is 2.48 bits per heavy atom. The van der Waals surface area contributed by atoms with Gasteiger partial charge in [-0.05, 0) is 37.1 Å². The second kappa shape index (κ2) is 11.1. The zero-order chi connectivity index (χ0) is 19.6. The van der Waals surface area contributed by atoms with Gasteiger partial charge in [-0.15, -0.1) is 11.8 Å². The number of nitrogens with one attached hydrogen (secondary N) is 1. The van der Waals surface area contributed by atoms with Gasteiger partial charge in [-0.1, -0.05) is 58.4 Å². The van der Waals surface area contributed by atoms with Gasteiger partial charge in [0.15, 0.2) is 0 Å². The Morgan fingerprint density at radius 2 is 1.81 bits per heavy atom. The third-order valence-corrected chi connectivity index (χ3v) is 5.58. The zero-order valence-corrected chi connectivity index (χ0v) is 18.1. The zero-order valence-electron chi connectivity index (χ0n) is 15.7. The van der Waals surface area contributed by atoms with Crippen LogP contribution in [-0.2, 0) is 21.9 Å². The first-order valence-corrected chi connectivity index (χ1v) is 10.9. The molecule has 0 radical (unpaired) electrons. The van der Waals surface area contributed by atoms with Gasteiger partial charge in [0.05, 0.1) is 5.75 Å². The van der Waals surface area contributed by atoms with E-state index in [-0.39, 0.29) is 11.8 Å². The van der Waals surface area contributed by atoms with Crippen molar-refractivity contribution in [2.24, 2.45) is 0 Å².